The average molecular weight is 482 g/mol. The molecular weight excluding hydrogens is 456 g/mol. The van der Waals surface area contributed by atoms with Gasteiger partial charge in [0, 0.05) is 27.7 Å². The highest BCUT2D eigenvalue weighted by atomic mass is 16.7. The van der Waals surface area contributed by atoms with Crippen molar-refractivity contribution in [2.45, 2.75) is 58.4 Å². The van der Waals surface area contributed by atoms with E-state index in [0.29, 0.717) is 0 Å². The highest BCUT2D eigenvalue weighted by molar-refractivity contribution is 5.89. The molecule has 1 fully saturated rings. The van der Waals surface area contributed by atoms with Crippen molar-refractivity contribution >= 4 is 29.8 Å². The smallest absolute Gasteiger partial charge is 0.337 e. The van der Waals surface area contributed by atoms with E-state index in [1.165, 1.54) is 38.3 Å². The summed E-state index contributed by atoms with van der Waals surface area (Å²) in [5, 5.41) is 0. The van der Waals surface area contributed by atoms with Crippen molar-refractivity contribution in [1.82, 2.24) is 0 Å². The Morgan fingerprint density at radius 1 is 0.824 bits per heavy atom. The Kier molecular flexibility index (Phi) is 9.36. The summed E-state index contributed by atoms with van der Waals surface area (Å²) in [5.74, 6) is -3.40. The highest BCUT2D eigenvalue weighted by Crippen LogP contribution is 2.31. The average Bonchev–Trinajstić information content (AvgIpc) is 2.75. The van der Waals surface area contributed by atoms with E-state index in [9.17, 15) is 24.0 Å². The van der Waals surface area contributed by atoms with E-state index in [4.69, 9.17) is 28.4 Å². The summed E-state index contributed by atoms with van der Waals surface area (Å²) in [7, 11) is 1.22. The van der Waals surface area contributed by atoms with Gasteiger partial charge in [-0.15, -0.1) is 0 Å². The Balaban J connectivity index is 2.47. The van der Waals surface area contributed by atoms with Gasteiger partial charge in [0.05, 0.1) is 12.7 Å². The van der Waals surface area contributed by atoms with E-state index in [0.717, 1.165) is 20.8 Å². The van der Waals surface area contributed by atoms with Gasteiger partial charge in [0.2, 0.25) is 12.4 Å². The van der Waals surface area contributed by atoms with Gasteiger partial charge in [-0.25, -0.2) is 4.79 Å². The Morgan fingerprint density at radius 2 is 1.41 bits per heavy atom. The van der Waals surface area contributed by atoms with Gasteiger partial charge in [-0.2, -0.15) is 0 Å². The second kappa shape index (κ2) is 12.0. The summed E-state index contributed by atoms with van der Waals surface area (Å²) >= 11 is 0. The molecule has 0 N–H and O–H groups in total. The lowest BCUT2D eigenvalue weighted by atomic mass is 9.98. The zero-order valence-electron chi connectivity index (χ0n) is 19.3. The molecule has 12 heteroatoms. The second-order valence-corrected chi connectivity index (χ2v) is 7.20. The van der Waals surface area contributed by atoms with Crippen molar-refractivity contribution in [2.24, 2.45) is 0 Å². The number of hydrogen-bond acceptors (Lipinski definition) is 12. The molecule has 34 heavy (non-hydrogen) atoms. The third-order valence-electron chi connectivity index (χ3n) is 4.46. The van der Waals surface area contributed by atoms with E-state index in [1.807, 2.05) is 0 Å². The maximum absolute atomic E-state index is 11.9. The van der Waals surface area contributed by atoms with Crippen LogP contribution in [0.2, 0.25) is 0 Å². The van der Waals surface area contributed by atoms with Crippen molar-refractivity contribution in [3.05, 3.63) is 29.8 Å². The second-order valence-electron chi connectivity index (χ2n) is 7.20. The summed E-state index contributed by atoms with van der Waals surface area (Å²) in [4.78, 5) is 58.7. The molecule has 5 atom stereocenters. The van der Waals surface area contributed by atoms with Crippen LogP contribution in [0, 0.1) is 0 Å². The fraction of sp³-hybridized carbons (Fsp3) is 0.500. The van der Waals surface area contributed by atoms with Crippen LogP contribution in [0.4, 0.5) is 0 Å². The predicted octanol–water partition coefficient (Wildman–Crippen LogP) is 0.935. The number of hydrogen-bond donors (Lipinski definition) is 0. The summed E-state index contributed by atoms with van der Waals surface area (Å²) in [6.07, 6.45) is -6.62. The molecule has 1 aromatic rings. The molecule has 1 heterocycles. The van der Waals surface area contributed by atoms with Crippen LogP contribution in [-0.4, -0.2) is 74.3 Å². The molecule has 1 aliphatic heterocycles. The van der Waals surface area contributed by atoms with E-state index >= 15 is 0 Å². The van der Waals surface area contributed by atoms with Crippen molar-refractivity contribution in [3.8, 4) is 5.75 Å². The molecule has 0 saturated carbocycles. The van der Waals surface area contributed by atoms with Gasteiger partial charge in [0.15, 0.2) is 12.2 Å². The third-order valence-corrected chi connectivity index (χ3v) is 4.46. The first kappa shape index (κ1) is 26.6. The summed E-state index contributed by atoms with van der Waals surface area (Å²) in [5.41, 5.74) is 0.172. The highest BCUT2D eigenvalue weighted by Gasteiger charge is 2.53. The molecule has 0 bridgehead atoms. The molecule has 186 valence electrons. The lowest BCUT2D eigenvalue weighted by Crippen LogP contribution is -2.63. The number of ether oxygens (including phenoxy) is 7. The monoisotopic (exact) mass is 482 g/mol. The van der Waals surface area contributed by atoms with Gasteiger partial charge < -0.3 is 33.2 Å². The summed E-state index contributed by atoms with van der Waals surface area (Å²) in [6, 6.07) is 5.87. The molecule has 0 unspecified atom stereocenters. The van der Waals surface area contributed by atoms with Crippen LogP contribution in [0.5, 0.6) is 5.75 Å². The predicted molar refractivity (Wildman–Crippen MR) is 110 cm³/mol. The SMILES string of the molecule is COC(=O)c1cccc(O[C@@H]2O[C@@H](COC(C)=O)[C@@H](OC(C)=O)[C@H](OC(C)=O)[C@H]2OC(C)=O)c1. The first-order chi connectivity index (χ1) is 16.0. The van der Waals surface area contributed by atoms with Crippen LogP contribution < -0.4 is 4.74 Å². The quantitative estimate of drug-likeness (QED) is 0.383. The molecule has 0 amide bonds. The van der Waals surface area contributed by atoms with Crippen LogP contribution >= 0.6 is 0 Å². The Labute approximate surface area is 195 Å². The number of rotatable bonds is 8. The zero-order chi connectivity index (χ0) is 25.4. The molecule has 2 rings (SSSR count). The standard InChI is InChI=1S/C22H26O12/c1-11(23)29-10-17-18(30-12(2)24)19(31-13(3)25)20(32-14(4)26)22(34-17)33-16-8-6-7-15(9-16)21(27)28-5/h6-9,17-20,22H,10H2,1-5H3/t17-,18+,19-,20+,22+/m0/s1. The largest absolute Gasteiger partial charge is 0.465 e. The van der Waals surface area contributed by atoms with E-state index in [2.05, 4.69) is 4.74 Å². The van der Waals surface area contributed by atoms with Gasteiger partial charge in [-0.1, -0.05) is 6.07 Å². The minimum Gasteiger partial charge on any atom is -0.465 e. The number of methoxy groups -OCH3 is 1. The van der Waals surface area contributed by atoms with Crippen LogP contribution in [-0.2, 0) is 47.6 Å². The molecular formula is C22H26O12. The van der Waals surface area contributed by atoms with Gasteiger partial charge in [-0.05, 0) is 18.2 Å². The van der Waals surface area contributed by atoms with Crippen molar-refractivity contribution < 1.29 is 57.1 Å². The topological polar surface area (TPSA) is 150 Å². The van der Waals surface area contributed by atoms with Crippen LogP contribution in [0.15, 0.2) is 24.3 Å². The number of benzene rings is 1. The summed E-state index contributed by atoms with van der Waals surface area (Å²) in [6.45, 7) is 4.13. The molecule has 12 nitrogen and oxygen atoms in total. The molecule has 0 radical (unpaired) electrons. The van der Waals surface area contributed by atoms with Crippen molar-refractivity contribution in [1.29, 1.82) is 0 Å². The van der Waals surface area contributed by atoms with Gasteiger partial charge in [0.1, 0.15) is 18.5 Å². The van der Waals surface area contributed by atoms with Gasteiger partial charge in [-0.3, -0.25) is 19.2 Å². The normalized spacial score (nSPS) is 23.7. The van der Waals surface area contributed by atoms with E-state index < -0.39 is 60.6 Å². The number of carbonyl (C=O) groups is 5. The first-order valence-electron chi connectivity index (χ1n) is 10.2. The van der Waals surface area contributed by atoms with Gasteiger partial charge >= 0.3 is 29.8 Å². The maximum atomic E-state index is 11.9. The Hall–Kier alpha value is -3.67. The molecule has 1 aliphatic rings. The molecule has 0 spiro atoms. The minimum atomic E-state index is -1.41. The number of carbonyl (C=O) groups excluding carboxylic acids is 5. The van der Waals surface area contributed by atoms with Crippen LogP contribution in [0.3, 0.4) is 0 Å². The molecule has 1 aromatic carbocycles. The molecule has 0 aliphatic carbocycles. The minimum absolute atomic E-state index is 0.129. The van der Waals surface area contributed by atoms with E-state index in [-0.39, 0.29) is 17.9 Å². The van der Waals surface area contributed by atoms with Gasteiger partial charge in [0.25, 0.3) is 0 Å². The van der Waals surface area contributed by atoms with Crippen LogP contribution in [0.1, 0.15) is 38.1 Å². The van der Waals surface area contributed by atoms with Crippen molar-refractivity contribution in [3.63, 3.8) is 0 Å². The van der Waals surface area contributed by atoms with E-state index in [1.54, 1.807) is 0 Å². The lowest BCUT2D eigenvalue weighted by Gasteiger charge is -2.43. The third kappa shape index (κ3) is 7.44. The molecule has 0 aromatic heterocycles. The Bertz CT molecular complexity index is 926. The Morgan fingerprint density at radius 3 is 1.97 bits per heavy atom. The fourth-order valence-corrected chi connectivity index (χ4v) is 3.23. The lowest BCUT2D eigenvalue weighted by molar-refractivity contribution is -0.288. The molecule has 1 saturated heterocycles. The number of esters is 5. The first-order valence-corrected chi connectivity index (χ1v) is 10.2. The van der Waals surface area contributed by atoms with Crippen LogP contribution in [0.25, 0.3) is 0 Å². The maximum Gasteiger partial charge on any atom is 0.337 e. The van der Waals surface area contributed by atoms with Crippen molar-refractivity contribution in [2.75, 3.05) is 13.7 Å². The summed E-state index contributed by atoms with van der Waals surface area (Å²) < 4.78 is 37.3. The fourth-order valence-electron chi connectivity index (χ4n) is 3.23. The zero-order valence-corrected chi connectivity index (χ0v) is 19.3.